The Labute approximate surface area is 184 Å². The Morgan fingerprint density at radius 3 is 2.58 bits per heavy atom. The van der Waals surface area contributed by atoms with Gasteiger partial charge in [-0.05, 0) is 44.2 Å². The van der Waals surface area contributed by atoms with Crippen LogP contribution in [-0.2, 0) is 9.59 Å². The largest absolute Gasteiger partial charge is 0.489 e. The van der Waals surface area contributed by atoms with Gasteiger partial charge in [-0.2, -0.15) is 0 Å². The van der Waals surface area contributed by atoms with Crippen LogP contribution in [-0.4, -0.2) is 22.9 Å². The Morgan fingerprint density at radius 1 is 1.16 bits per heavy atom. The molecule has 8 heteroatoms. The molecule has 1 heterocycles. The van der Waals surface area contributed by atoms with Crippen LogP contribution in [0.3, 0.4) is 0 Å². The number of halogens is 1. The fourth-order valence-corrected chi connectivity index (χ4v) is 3.61. The highest BCUT2D eigenvalue weighted by molar-refractivity contribution is 7.14. The molecule has 0 aliphatic carbocycles. The minimum Gasteiger partial charge on any atom is -0.489 e. The van der Waals surface area contributed by atoms with Crippen molar-refractivity contribution in [3.8, 4) is 5.75 Å². The topological polar surface area (TPSA) is 71.5 Å². The summed E-state index contributed by atoms with van der Waals surface area (Å²) in [6.45, 7) is 5.15. The summed E-state index contributed by atoms with van der Waals surface area (Å²) in [5, 5.41) is 4.78. The smallest absolute Gasteiger partial charge is 0.248 e. The SMILES string of the molecule is CC(=O)N(c1nc(/C=C/C(=O)Nc2ccccc2OC(C)C)cs1)c1ccccc1F. The molecule has 6 nitrogen and oxygen atoms in total. The number of carbonyl (C=O) groups excluding carboxylic acids is 2. The summed E-state index contributed by atoms with van der Waals surface area (Å²) < 4.78 is 19.9. The zero-order valence-corrected chi connectivity index (χ0v) is 18.2. The lowest BCUT2D eigenvalue weighted by Crippen LogP contribution is -2.23. The van der Waals surface area contributed by atoms with Gasteiger partial charge in [0.15, 0.2) is 5.13 Å². The van der Waals surface area contributed by atoms with Crippen LogP contribution < -0.4 is 15.0 Å². The molecular weight excluding hydrogens is 417 g/mol. The minimum absolute atomic E-state index is 0.0271. The Morgan fingerprint density at radius 2 is 1.87 bits per heavy atom. The second kappa shape index (κ2) is 9.99. The Kier molecular flexibility index (Phi) is 7.15. The molecule has 0 saturated heterocycles. The average molecular weight is 440 g/mol. The minimum atomic E-state index is -0.522. The molecule has 3 aromatic rings. The molecular formula is C23H22FN3O3S. The third-order valence-electron chi connectivity index (χ3n) is 4.02. The van der Waals surface area contributed by atoms with Gasteiger partial charge in [0, 0.05) is 18.4 Å². The van der Waals surface area contributed by atoms with Gasteiger partial charge in [0.1, 0.15) is 11.6 Å². The number of nitrogens with zero attached hydrogens (tertiary/aromatic N) is 2. The molecule has 160 valence electrons. The van der Waals surface area contributed by atoms with Crippen molar-refractivity contribution in [1.29, 1.82) is 0 Å². The van der Waals surface area contributed by atoms with Crippen LogP contribution in [0.15, 0.2) is 60.0 Å². The maximum Gasteiger partial charge on any atom is 0.248 e. The summed E-state index contributed by atoms with van der Waals surface area (Å²) in [5.41, 5.74) is 1.16. The normalized spacial score (nSPS) is 11.0. The maximum atomic E-state index is 14.2. The standard InChI is InChI=1S/C23H22FN3O3S/c1-15(2)30-21-11-7-5-9-19(21)26-22(29)13-12-17-14-31-23(25-17)27(16(3)28)20-10-6-4-8-18(20)24/h4-15H,1-3H3,(H,26,29)/b13-12+. The fraction of sp³-hybridized carbons (Fsp3) is 0.174. The van der Waals surface area contributed by atoms with Crippen LogP contribution in [0.2, 0.25) is 0 Å². The van der Waals surface area contributed by atoms with Gasteiger partial charge in [0.2, 0.25) is 11.8 Å². The van der Waals surface area contributed by atoms with E-state index in [9.17, 15) is 14.0 Å². The van der Waals surface area contributed by atoms with Crippen molar-refractivity contribution in [1.82, 2.24) is 4.98 Å². The van der Waals surface area contributed by atoms with Gasteiger partial charge in [-0.15, -0.1) is 11.3 Å². The van der Waals surface area contributed by atoms with Crippen LogP contribution in [0.5, 0.6) is 5.75 Å². The second-order valence-electron chi connectivity index (χ2n) is 6.85. The van der Waals surface area contributed by atoms with E-state index in [-0.39, 0.29) is 23.6 Å². The molecule has 0 bridgehead atoms. The highest BCUT2D eigenvalue weighted by Crippen LogP contribution is 2.31. The first-order valence-electron chi connectivity index (χ1n) is 9.60. The van der Waals surface area contributed by atoms with Gasteiger partial charge in [-0.25, -0.2) is 9.37 Å². The third kappa shape index (κ3) is 5.76. The zero-order chi connectivity index (χ0) is 22.4. The second-order valence-corrected chi connectivity index (χ2v) is 7.68. The number of para-hydroxylation sites is 3. The van der Waals surface area contributed by atoms with Crippen LogP contribution >= 0.6 is 11.3 Å². The first-order valence-corrected chi connectivity index (χ1v) is 10.5. The average Bonchev–Trinajstić information content (AvgIpc) is 3.17. The number of hydrogen-bond donors (Lipinski definition) is 1. The molecule has 0 aliphatic rings. The summed E-state index contributed by atoms with van der Waals surface area (Å²) in [7, 11) is 0. The third-order valence-corrected chi connectivity index (χ3v) is 4.87. The lowest BCUT2D eigenvalue weighted by Gasteiger charge is -2.18. The lowest BCUT2D eigenvalue weighted by atomic mass is 10.2. The number of benzene rings is 2. The van der Waals surface area contributed by atoms with E-state index in [0.717, 1.165) is 0 Å². The molecule has 0 atom stereocenters. The van der Waals surface area contributed by atoms with E-state index in [1.165, 1.54) is 47.4 Å². The summed E-state index contributed by atoms with van der Waals surface area (Å²) >= 11 is 1.18. The van der Waals surface area contributed by atoms with Crippen LogP contribution in [0.25, 0.3) is 6.08 Å². The van der Waals surface area contributed by atoms with Gasteiger partial charge < -0.3 is 10.1 Å². The van der Waals surface area contributed by atoms with Crippen molar-refractivity contribution >= 4 is 45.7 Å². The zero-order valence-electron chi connectivity index (χ0n) is 17.3. The highest BCUT2D eigenvalue weighted by atomic mass is 32.1. The number of hydrogen-bond acceptors (Lipinski definition) is 5. The van der Waals surface area contributed by atoms with E-state index in [2.05, 4.69) is 10.3 Å². The van der Waals surface area contributed by atoms with Crippen molar-refractivity contribution in [2.75, 3.05) is 10.2 Å². The number of rotatable bonds is 7. The molecule has 1 N–H and O–H groups in total. The van der Waals surface area contributed by atoms with Crippen molar-refractivity contribution in [3.63, 3.8) is 0 Å². The monoisotopic (exact) mass is 439 g/mol. The Hall–Kier alpha value is -3.52. The molecule has 0 aliphatic heterocycles. The molecule has 0 unspecified atom stereocenters. The van der Waals surface area contributed by atoms with E-state index >= 15 is 0 Å². The molecule has 1 aromatic heterocycles. The number of amides is 2. The first-order chi connectivity index (χ1) is 14.8. The van der Waals surface area contributed by atoms with E-state index in [4.69, 9.17) is 4.74 Å². The van der Waals surface area contributed by atoms with E-state index in [1.54, 1.807) is 35.7 Å². The van der Waals surface area contributed by atoms with E-state index < -0.39 is 5.82 Å². The van der Waals surface area contributed by atoms with E-state index in [1.807, 2.05) is 19.9 Å². The van der Waals surface area contributed by atoms with Crippen LogP contribution in [0.4, 0.5) is 20.9 Å². The number of thiazole rings is 1. The van der Waals surface area contributed by atoms with Crippen molar-refractivity contribution in [3.05, 3.63) is 71.5 Å². The molecule has 0 saturated carbocycles. The van der Waals surface area contributed by atoms with Gasteiger partial charge in [0.25, 0.3) is 0 Å². The lowest BCUT2D eigenvalue weighted by molar-refractivity contribution is -0.116. The maximum absolute atomic E-state index is 14.2. The number of ether oxygens (including phenoxy) is 1. The molecule has 31 heavy (non-hydrogen) atoms. The summed E-state index contributed by atoms with van der Waals surface area (Å²) in [4.78, 5) is 30.0. The number of nitrogens with one attached hydrogen (secondary N) is 1. The van der Waals surface area contributed by atoms with Gasteiger partial charge in [0.05, 0.1) is 23.2 Å². The van der Waals surface area contributed by atoms with Gasteiger partial charge in [-0.3, -0.25) is 14.5 Å². The number of carbonyl (C=O) groups is 2. The Bertz CT molecular complexity index is 1110. The van der Waals surface area contributed by atoms with Crippen LogP contribution in [0, 0.1) is 5.82 Å². The van der Waals surface area contributed by atoms with E-state index in [0.29, 0.717) is 22.3 Å². The first kappa shape index (κ1) is 22.2. The summed E-state index contributed by atoms with van der Waals surface area (Å²) in [5.74, 6) is -0.662. The van der Waals surface area contributed by atoms with Gasteiger partial charge in [-0.1, -0.05) is 24.3 Å². The quantitative estimate of drug-likeness (QED) is 0.500. The van der Waals surface area contributed by atoms with Crippen molar-refractivity contribution < 1.29 is 18.7 Å². The Balaban J connectivity index is 1.74. The number of anilines is 3. The molecule has 0 radical (unpaired) electrons. The molecule has 2 amide bonds. The van der Waals surface area contributed by atoms with Gasteiger partial charge >= 0.3 is 0 Å². The fourth-order valence-electron chi connectivity index (χ4n) is 2.76. The number of aromatic nitrogens is 1. The predicted octanol–water partition coefficient (Wildman–Crippen LogP) is 5.41. The highest BCUT2D eigenvalue weighted by Gasteiger charge is 2.20. The summed E-state index contributed by atoms with van der Waals surface area (Å²) in [6.07, 6.45) is 2.84. The molecule has 2 aromatic carbocycles. The van der Waals surface area contributed by atoms with Crippen molar-refractivity contribution in [2.45, 2.75) is 26.9 Å². The van der Waals surface area contributed by atoms with Crippen molar-refractivity contribution in [2.24, 2.45) is 0 Å². The molecule has 0 spiro atoms. The predicted molar refractivity (Wildman–Crippen MR) is 121 cm³/mol. The molecule has 3 rings (SSSR count). The summed E-state index contributed by atoms with van der Waals surface area (Å²) in [6, 6.07) is 13.2. The van der Waals surface area contributed by atoms with Crippen LogP contribution in [0.1, 0.15) is 26.5 Å². The molecule has 0 fully saturated rings.